The van der Waals surface area contributed by atoms with Crippen molar-refractivity contribution in [3.8, 4) is 0 Å². The Labute approximate surface area is 110 Å². The maximum atomic E-state index is 13.2. The zero-order chi connectivity index (χ0) is 13.8. The predicted molar refractivity (Wildman–Crippen MR) is 67.2 cm³/mol. The molecule has 0 atom stereocenters. The molecule has 1 fully saturated rings. The van der Waals surface area contributed by atoms with Gasteiger partial charge in [0.25, 0.3) is 0 Å². The van der Waals surface area contributed by atoms with Gasteiger partial charge in [0.05, 0.1) is 6.61 Å². The van der Waals surface area contributed by atoms with Crippen LogP contribution in [-0.2, 0) is 4.74 Å². The van der Waals surface area contributed by atoms with Crippen LogP contribution in [0, 0.1) is 11.6 Å². The van der Waals surface area contributed by atoms with Crippen molar-refractivity contribution in [3.63, 3.8) is 0 Å². The molecule has 1 aliphatic rings. The molecule has 0 spiro atoms. The summed E-state index contributed by atoms with van der Waals surface area (Å²) in [5.41, 5.74) is 0.627. The van der Waals surface area contributed by atoms with Crippen LogP contribution < -0.4 is 4.90 Å². The molecule has 0 saturated carbocycles. The van der Waals surface area contributed by atoms with Gasteiger partial charge in [-0.1, -0.05) is 0 Å². The van der Waals surface area contributed by atoms with Crippen molar-refractivity contribution in [2.45, 2.75) is 6.92 Å². The molecule has 1 saturated heterocycles. The van der Waals surface area contributed by atoms with E-state index in [1.165, 1.54) is 6.07 Å². The van der Waals surface area contributed by atoms with Crippen molar-refractivity contribution in [2.24, 2.45) is 0 Å². The third-order valence-electron chi connectivity index (χ3n) is 3.07. The lowest BCUT2D eigenvalue weighted by molar-refractivity contribution is 0.105. The molecule has 4 nitrogen and oxygen atoms in total. The highest BCUT2D eigenvalue weighted by molar-refractivity contribution is 5.68. The number of ether oxygens (including phenoxy) is 1. The number of piperazine rings is 1. The lowest BCUT2D eigenvalue weighted by atomic mass is 10.2. The van der Waals surface area contributed by atoms with E-state index >= 15 is 0 Å². The van der Waals surface area contributed by atoms with Gasteiger partial charge in [0, 0.05) is 37.9 Å². The van der Waals surface area contributed by atoms with Crippen LogP contribution in [0.5, 0.6) is 0 Å². The van der Waals surface area contributed by atoms with Crippen LogP contribution in [-0.4, -0.2) is 43.8 Å². The van der Waals surface area contributed by atoms with Gasteiger partial charge < -0.3 is 14.5 Å². The Morgan fingerprint density at radius 1 is 1.21 bits per heavy atom. The van der Waals surface area contributed by atoms with Crippen LogP contribution in [0.25, 0.3) is 0 Å². The summed E-state index contributed by atoms with van der Waals surface area (Å²) in [6.07, 6.45) is -0.326. The molecule has 0 unspecified atom stereocenters. The number of benzene rings is 1. The third kappa shape index (κ3) is 3.13. The van der Waals surface area contributed by atoms with Crippen molar-refractivity contribution >= 4 is 11.8 Å². The van der Waals surface area contributed by atoms with E-state index in [2.05, 4.69) is 0 Å². The Morgan fingerprint density at radius 3 is 2.47 bits per heavy atom. The fraction of sp³-hybridized carbons (Fsp3) is 0.462. The summed E-state index contributed by atoms with van der Waals surface area (Å²) in [7, 11) is 0. The van der Waals surface area contributed by atoms with Crippen LogP contribution in [0.1, 0.15) is 6.92 Å². The largest absolute Gasteiger partial charge is 0.450 e. The minimum atomic E-state index is -0.856. The molecule has 19 heavy (non-hydrogen) atoms. The highest BCUT2D eigenvalue weighted by Gasteiger charge is 2.22. The Balaban J connectivity index is 1.96. The first-order valence-electron chi connectivity index (χ1n) is 6.23. The molecule has 1 aliphatic heterocycles. The van der Waals surface area contributed by atoms with Crippen molar-refractivity contribution in [1.29, 1.82) is 0 Å². The predicted octanol–water partition coefficient (Wildman–Crippen LogP) is 2.24. The summed E-state index contributed by atoms with van der Waals surface area (Å²) in [6.45, 7) is 4.28. The molecule has 1 aromatic carbocycles. The second-order valence-electron chi connectivity index (χ2n) is 4.27. The second-order valence-corrected chi connectivity index (χ2v) is 4.27. The topological polar surface area (TPSA) is 32.8 Å². The van der Waals surface area contributed by atoms with Crippen molar-refractivity contribution < 1.29 is 18.3 Å². The summed E-state index contributed by atoms with van der Waals surface area (Å²) in [6, 6.07) is 3.83. The highest BCUT2D eigenvalue weighted by atomic mass is 19.2. The normalized spacial score (nSPS) is 15.5. The fourth-order valence-corrected chi connectivity index (χ4v) is 2.04. The minimum absolute atomic E-state index is 0.326. The second kappa shape index (κ2) is 5.86. The molecule has 0 radical (unpaired) electrons. The number of carbonyl (C=O) groups excluding carboxylic acids is 1. The van der Waals surface area contributed by atoms with Crippen molar-refractivity contribution in [1.82, 2.24) is 4.90 Å². The van der Waals surface area contributed by atoms with E-state index in [0.29, 0.717) is 38.5 Å². The van der Waals surface area contributed by atoms with Crippen molar-refractivity contribution in [3.05, 3.63) is 29.8 Å². The molecule has 0 aromatic heterocycles. The summed E-state index contributed by atoms with van der Waals surface area (Å²) < 4.78 is 30.9. The summed E-state index contributed by atoms with van der Waals surface area (Å²) in [5, 5.41) is 0. The Kier molecular flexibility index (Phi) is 4.19. The summed E-state index contributed by atoms with van der Waals surface area (Å²) >= 11 is 0. The van der Waals surface area contributed by atoms with E-state index in [1.807, 2.05) is 4.90 Å². The Bertz CT molecular complexity index is 460. The minimum Gasteiger partial charge on any atom is -0.450 e. The van der Waals surface area contributed by atoms with Gasteiger partial charge in [-0.05, 0) is 19.1 Å². The maximum Gasteiger partial charge on any atom is 0.409 e. The zero-order valence-corrected chi connectivity index (χ0v) is 10.7. The van der Waals surface area contributed by atoms with E-state index in [4.69, 9.17) is 4.74 Å². The van der Waals surface area contributed by atoms with Gasteiger partial charge in [-0.25, -0.2) is 13.6 Å². The van der Waals surface area contributed by atoms with Gasteiger partial charge in [0.1, 0.15) is 0 Å². The quantitative estimate of drug-likeness (QED) is 0.826. The number of amides is 1. The van der Waals surface area contributed by atoms with Crippen molar-refractivity contribution in [2.75, 3.05) is 37.7 Å². The Hall–Kier alpha value is -1.85. The number of hydrogen-bond donors (Lipinski definition) is 0. The third-order valence-corrected chi connectivity index (χ3v) is 3.07. The number of nitrogens with zero attached hydrogens (tertiary/aromatic N) is 2. The molecule has 6 heteroatoms. The lowest BCUT2D eigenvalue weighted by Gasteiger charge is -2.35. The van der Waals surface area contributed by atoms with E-state index in [1.54, 1.807) is 17.9 Å². The molecular weight excluding hydrogens is 254 g/mol. The van der Waals surface area contributed by atoms with Crippen LogP contribution in [0.4, 0.5) is 19.3 Å². The Morgan fingerprint density at radius 2 is 1.89 bits per heavy atom. The standard InChI is InChI=1S/C13H16F2N2O2/c1-2-19-13(18)17-7-5-16(6-8-17)10-3-4-11(14)12(15)9-10/h3-4,9H,2,5-8H2,1H3. The average Bonchev–Trinajstić information content (AvgIpc) is 2.42. The first-order chi connectivity index (χ1) is 9.11. The number of anilines is 1. The SMILES string of the molecule is CCOC(=O)N1CCN(c2ccc(F)c(F)c2)CC1. The summed E-state index contributed by atoms with van der Waals surface area (Å²) in [4.78, 5) is 15.0. The van der Waals surface area contributed by atoms with Gasteiger partial charge >= 0.3 is 6.09 Å². The van der Waals surface area contributed by atoms with Crippen LogP contribution >= 0.6 is 0 Å². The molecule has 1 heterocycles. The van der Waals surface area contributed by atoms with Crippen LogP contribution in [0.2, 0.25) is 0 Å². The van der Waals surface area contributed by atoms with E-state index < -0.39 is 11.6 Å². The number of carbonyl (C=O) groups is 1. The smallest absolute Gasteiger partial charge is 0.409 e. The van der Waals surface area contributed by atoms with Gasteiger partial charge in [-0.15, -0.1) is 0 Å². The lowest BCUT2D eigenvalue weighted by Crippen LogP contribution is -2.49. The number of rotatable bonds is 2. The maximum absolute atomic E-state index is 13.2. The molecule has 0 aliphatic carbocycles. The van der Waals surface area contributed by atoms with E-state index in [0.717, 1.165) is 6.07 Å². The average molecular weight is 270 g/mol. The monoisotopic (exact) mass is 270 g/mol. The first kappa shape index (κ1) is 13.6. The van der Waals surface area contributed by atoms with Gasteiger partial charge in [-0.3, -0.25) is 0 Å². The van der Waals surface area contributed by atoms with Gasteiger partial charge in [0.15, 0.2) is 11.6 Å². The van der Waals surface area contributed by atoms with E-state index in [9.17, 15) is 13.6 Å². The molecule has 0 bridgehead atoms. The van der Waals surface area contributed by atoms with Gasteiger partial charge in [0.2, 0.25) is 0 Å². The molecule has 0 N–H and O–H groups in total. The van der Waals surface area contributed by atoms with Gasteiger partial charge in [-0.2, -0.15) is 0 Å². The molecule has 1 aromatic rings. The van der Waals surface area contributed by atoms with Crippen LogP contribution in [0.15, 0.2) is 18.2 Å². The number of halogens is 2. The first-order valence-corrected chi connectivity index (χ1v) is 6.23. The molecule has 2 rings (SSSR count). The zero-order valence-electron chi connectivity index (χ0n) is 10.7. The molecular formula is C13H16F2N2O2. The molecule has 104 valence electrons. The van der Waals surface area contributed by atoms with E-state index in [-0.39, 0.29) is 6.09 Å². The van der Waals surface area contributed by atoms with Crippen LogP contribution in [0.3, 0.4) is 0 Å². The molecule has 1 amide bonds. The highest BCUT2D eigenvalue weighted by Crippen LogP contribution is 2.19. The summed E-state index contributed by atoms with van der Waals surface area (Å²) in [5.74, 6) is -1.71. The fourth-order valence-electron chi connectivity index (χ4n) is 2.04. The number of hydrogen-bond acceptors (Lipinski definition) is 3.